The molecule has 168 valence electrons. The van der Waals surface area contributed by atoms with Gasteiger partial charge in [0.05, 0.1) is 21.8 Å². The molecule has 3 aromatic rings. The van der Waals surface area contributed by atoms with Crippen LogP contribution in [0.5, 0.6) is 0 Å². The van der Waals surface area contributed by atoms with Gasteiger partial charge in [-0.25, -0.2) is 13.8 Å². The summed E-state index contributed by atoms with van der Waals surface area (Å²) in [7, 11) is 0. The Labute approximate surface area is 193 Å². The highest BCUT2D eigenvalue weighted by atomic mass is 35.5. The molecule has 1 saturated heterocycles. The number of rotatable bonds is 4. The van der Waals surface area contributed by atoms with Crippen molar-refractivity contribution in [2.45, 2.75) is 37.1 Å². The number of carbonyl (C=O) groups is 1. The van der Waals surface area contributed by atoms with E-state index in [4.69, 9.17) is 11.6 Å². The minimum Gasteiger partial charge on any atom is -0.342 e. The summed E-state index contributed by atoms with van der Waals surface area (Å²) in [6, 6.07) is 7.64. The molecule has 1 aromatic heterocycles. The number of piperidine rings is 1. The number of thioether (sulfide) groups is 1. The van der Waals surface area contributed by atoms with Gasteiger partial charge in [-0.15, -0.1) is 0 Å². The number of fused-ring (bicyclic) bond motifs is 1. The highest BCUT2D eigenvalue weighted by Crippen LogP contribution is 2.29. The molecule has 0 aliphatic carbocycles. The third-order valence-electron chi connectivity index (χ3n) is 5.68. The van der Waals surface area contributed by atoms with E-state index in [0.717, 1.165) is 35.2 Å². The van der Waals surface area contributed by atoms with E-state index < -0.39 is 22.4 Å². The Morgan fingerprint density at radius 2 is 1.91 bits per heavy atom. The number of carbonyl (C=O) groups excluding carboxylic acids is 1. The Kier molecular flexibility index (Phi) is 6.53. The van der Waals surface area contributed by atoms with E-state index in [1.165, 1.54) is 12.1 Å². The number of nitrogens with zero attached hydrogens (tertiary/aromatic N) is 3. The molecule has 32 heavy (non-hydrogen) atoms. The summed E-state index contributed by atoms with van der Waals surface area (Å²) in [4.78, 5) is 32.7. The Morgan fingerprint density at radius 3 is 2.59 bits per heavy atom. The van der Waals surface area contributed by atoms with E-state index in [1.54, 1.807) is 19.1 Å². The molecule has 0 spiro atoms. The van der Waals surface area contributed by atoms with Gasteiger partial charge in [-0.05, 0) is 56.0 Å². The average molecular weight is 478 g/mol. The first kappa shape index (κ1) is 22.7. The standard InChI is InChI=1S/C23H22ClF2N3O2S/c1-13-7-9-28(10-8-13)21(30)14(2)32-23-27-19-5-3-15(24)11-17(19)22(31)29(23)20-6-4-16(25)12-18(20)26/h3-6,11-14H,7-10H2,1-2H3. The fourth-order valence-corrected chi connectivity index (χ4v) is 4.96. The molecule has 2 heterocycles. The maximum atomic E-state index is 14.7. The van der Waals surface area contributed by atoms with Crippen molar-refractivity contribution in [1.82, 2.24) is 14.5 Å². The Balaban J connectivity index is 1.78. The van der Waals surface area contributed by atoms with Crippen LogP contribution < -0.4 is 5.56 Å². The van der Waals surface area contributed by atoms with Crippen molar-refractivity contribution in [2.75, 3.05) is 13.1 Å². The third-order valence-corrected chi connectivity index (χ3v) is 6.95. The molecule has 0 radical (unpaired) electrons. The largest absolute Gasteiger partial charge is 0.342 e. The van der Waals surface area contributed by atoms with E-state index in [-0.39, 0.29) is 22.1 Å². The van der Waals surface area contributed by atoms with Gasteiger partial charge in [-0.2, -0.15) is 0 Å². The number of aromatic nitrogens is 2. The minimum absolute atomic E-state index is 0.0570. The van der Waals surface area contributed by atoms with Crippen LogP contribution in [-0.4, -0.2) is 38.7 Å². The zero-order chi connectivity index (χ0) is 23.0. The molecule has 0 saturated carbocycles. The molecule has 1 atom stereocenters. The normalized spacial score (nSPS) is 15.8. The molecule has 9 heteroatoms. The summed E-state index contributed by atoms with van der Waals surface area (Å²) < 4.78 is 29.2. The second-order valence-electron chi connectivity index (χ2n) is 8.06. The molecule has 5 nitrogen and oxygen atoms in total. The Morgan fingerprint density at radius 1 is 1.19 bits per heavy atom. The molecular weight excluding hydrogens is 456 g/mol. The maximum Gasteiger partial charge on any atom is 0.266 e. The predicted molar refractivity (Wildman–Crippen MR) is 123 cm³/mol. The predicted octanol–water partition coefficient (Wildman–Crippen LogP) is 5.06. The van der Waals surface area contributed by atoms with Gasteiger partial charge >= 0.3 is 0 Å². The highest BCUT2D eigenvalue weighted by Gasteiger charge is 2.27. The zero-order valence-electron chi connectivity index (χ0n) is 17.6. The molecule has 0 N–H and O–H groups in total. The second kappa shape index (κ2) is 9.19. The van der Waals surface area contributed by atoms with Gasteiger partial charge in [0.25, 0.3) is 5.56 Å². The van der Waals surface area contributed by atoms with Gasteiger partial charge in [0.2, 0.25) is 5.91 Å². The lowest BCUT2D eigenvalue weighted by Crippen LogP contribution is -2.42. The van der Waals surface area contributed by atoms with Gasteiger partial charge in [-0.3, -0.25) is 14.2 Å². The van der Waals surface area contributed by atoms with Crippen molar-refractivity contribution in [3.8, 4) is 5.69 Å². The first-order valence-electron chi connectivity index (χ1n) is 10.4. The van der Waals surface area contributed by atoms with Crippen molar-refractivity contribution in [2.24, 2.45) is 5.92 Å². The van der Waals surface area contributed by atoms with Crippen molar-refractivity contribution < 1.29 is 13.6 Å². The van der Waals surface area contributed by atoms with Gasteiger partial charge in [0.1, 0.15) is 11.6 Å². The summed E-state index contributed by atoms with van der Waals surface area (Å²) >= 11 is 7.13. The number of halogens is 3. The SMILES string of the molecule is CC1CCN(C(=O)C(C)Sc2nc3ccc(Cl)cc3c(=O)n2-c2ccc(F)cc2F)CC1. The molecule has 1 unspecified atom stereocenters. The molecule has 4 rings (SSSR count). The summed E-state index contributed by atoms with van der Waals surface area (Å²) in [5.41, 5.74) is -0.302. The molecule has 2 aromatic carbocycles. The first-order chi connectivity index (χ1) is 15.2. The van der Waals surface area contributed by atoms with Crippen LogP contribution in [0.1, 0.15) is 26.7 Å². The van der Waals surface area contributed by atoms with Gasteiger partial charge < -0.3 is 4.90 Å². The van der Waals surface area contributed by atoms with E-state index >= 15 is 0 Å². The Hall–Kier alpha value is -2.45. The number of benzene rings is 2. The van der Waals surface area contributed by atoms with Crippen LogP contribution in [0.3, 0.4) is 0 Å². The molecule has 1 fully saturated rings. The van der Waals surface area contributed by atoms with Crippen LogP contribution in [0.4, 0.5) is 8.78 Å². The third kappa shape index (κ3) is 4.52. The quantitative estimate of drug-likeness (QED) is 0.389. The van der Waals surface area contributed by atoms with Crippen LogP contribution in [0, 0.1) is 17.6 Å². The fourth-order valence-electron chi connectivity index (χ4n) is 3.79. The molecular formula is C23H22ClF2N3O2S. The van der Waals surface area contributed by atoms with E-state index in [0.29, 0.717) is 35.6 Å². The smallest absolute Gasteiger partial charge is 0.266 e. The minimum atomic E-state index is -0.902. The van der Waals surface area contributed by atoms with Crippen LogP contribution in [-0.2, 0) is 4.79 Å². The highest BCUT2D eigenvalue weighted by molar-refractivity contribution is 8.00. The maximum absolute atomic E-state index is 14.7. The van der Waals surface area contributed by atoms with Crippen LogP contribution in [0.15, 0.2) is 46.3 Å². The van der Waals surface area contributed by atoms with E-state index in [9.17, 15) is 18.4 Å². The lowest BCUT2D eigenvalue weighted by Gasteiger charge is -2.32. The molecule has 0 bridgehead atoms. The topological polar surface area (TPSA) is 55.2 Å². The van der Waals surface area contributed by atoms with Crippen molar-refractivity contribution in [3.05, 3.63) is 63.4 Å². The summed E-state index contributed by atoms with van der Waals surface area (Å²) in [5, 5.41) is 0.150. The van der Waals surface area contributed by atoms with Crippen LogP contribution >= 0.6 is 23.4 Å². The van der Waals surface area contributed by atoms with Gasteiger partial charge in [0.15, 0.2) is 5.16 Å². The fraction of sp³-hybridized carbons (Fsp3) is 0.348. The van der Waals surface area contributed by atoms with Gasteiger partial charge in [0, 0.05) is 24.2 Å². The lowest BCUT2D eigenvalue weighted by molar-refractivity contribution is -0.131. The van der Waals surface area contributed by atoms with E-state index in [1.807, 2.05) is 4.90 Å². The van der Waals surface area contributed by atoms with Crippen LogP contribution in [0.2, 0.25) is 5.02 Å². The average Bonchev–Trinajstić information content (AvgIpc) is 2.75. The van der Waals surface area contributed by atoms with Crippen LogP contribution in [0.25, 0.3) is 16.6 Å². The zero-order valence-corrected chi connectivity index (χ0v) is 19.2. The number of amides is 1. The van der Waals surface area contributed by atoms with E-state index in [2.05, 4.69) is 11.9 Å². The summed E-state index contributed by atoms with van der Waals surface area (Å²) in [6.07, 6.45) is 1.90. The second-order valence-corrected chi connectivity index (χ2v) is 9.80. The number of likely N-dealkylation sites (tertiary alicyclic amines) is 1. The number of hydrogen-bond acceptors (Lipinski definition) is 4. The van der Waals surface area contributed by atoms with Crippen molar-refractivity contribution in [1.29, 1.82) is 0 Å². The Bertz CT molecular complexity index is 1240. The summed E-state index contributed by atoms with van der Waals surface area (Å²) in [6.45, 7) is 5.29. The molecule has 1 aliphatic rings. The van der Waals surface area contributed by atoms with Crippen molar-refractivity contribution in [3.63, 3.8) is 0 Å². The van der Waals surface area contributed by atoms with Gasteiger partial charge in [-0.1, -0.05) is 30.3 Å². The molecule has 1 amide bonds. The molecule has 1 aliphatic heterocycles. The lowest BCUT2D eigenvalue weighted by atomic mass is 9.99. The number of hydrogen-bond donors (Lipinski definition) is 0. The first-order valence-corrected chi connectivity index (χ1v) is 11.6. The van der Waals surface area contributed by atoms with Crippen molar-refractivity contribution >= 4 is 40.2 Å². The summed E-state index contributed by atoms with van der Waals surface area (Å²) in [5.74, 6) is -1.13. The monoisotopic (exact) mass is 477 g/mol.